The van der Waals surface area contributed by atoms with E-state index in [4.69, 9.17) is 5.10 Å². The molecule has 1 aromatic heterocycles. The van der Waals surface area contributed by atoms with Crippen LogP contribution in [0.4, 0.5) is 0 Å². The SMILES string of the molecule is Brc1ccc(C2/C(=C(\I)c3ccccc3)c3ccccc3-c3ccnn32)cc1. The van der Waals surface area contributed by atoms with Gasteiger partial charge in [0.25, 0.3) is 0 Å². The van der Waals surface area contributed by atoms with Gasteiger partial charge in [-0.2, -0.15) is 5.10 Å². The van der Waals surface area contributed by atoms with E-state index in [1.54, 1.807) is 0 Å². The van der Waals surface area contributed by atoms with Crippen LogP contribution in [-0.2, 0) is 0 Å². The van der Waals surface area contributed by atoms with Crippen molar-refractivity contribution in [2.24, 2.45) is 0 Å². The van der Waals surface area contributed by atoms with Crippen LogP contribution >= 0.6 is 38.5 Å². The first kappa shape index (κ1) is 17.9. The van der Waals surface area contributed by atoms with E-state index < -0.39 is 0 Å². The van der Waals surface area contributed by atoms with Crippen LogP contribution in [0.5, 0.6) is 0 Å². The van der Waals surface area contributed by atoms with Crippen molar-refractivity contribution < 1.29 is 0 Å². The molecule has 0 spiro atoms. The van der Waals surface area contributed by atoms with E-state index in [1.165, 1.54) is 31.4 Å². The van der Waals surface area contributed by atoms with E-state index in [-0.39, 0.29) is 6.04 Å². The number of aromatic nitrogens is 2. The summed E-state index contributed by atoms with van der Waals surface area (Å²) >= 11 is 6.06. The molecule has 0 N–H and O–H groups in total. The van der Waals surface area contributed by atoms with E-state index in [9.17, 15) is 0 Å². The fourth-order valence-electron chi connectivity index (χ4n) is 3.88. The molecule has 3 aromatic carbocycles. The summed E-state index contributed by atoms with van der Waals surface area (Å²) in [6, 6.07) is 30.0. The number of rotatable bonds is 2. The van der Waals surface area contributed by atoms with Crippen LogP contribution in [-0.4, -0.2) is 9.78 Å². The van der Waals surface area contributed by atoms with Gasteiger partial charge in [0.15, 0.2) is 0 Å². The molecule has 1 aliphatic heterocycles. The summed E-state index contributed by atoms with van der Waals surface area (Å²) in [6.45, 7) is 0. The summed E-state index contributed by atoms with van der Waals surface area (Å²) in [7, 11) is 0. The molecule has 0 saturated carbocycles. The first-order valence-corrected chi connectivity index (χ1v) is 10.9. The lowest BCUT2D eigenvalue weighted by Gasteiger charge is -2.31. The minimum Gasteiger partial charge on any atom is -0.253 e. The van der Waals surface area contributed by atoms with Gasteiger partial charge in [0.1, 0.15) is 6.04 Å². The molecule has 1 atom stereocenters. The molecule has 136 valence electrons. The van der Waals surface area contributed by atoms with Crippen molar-refractivity contribution in [2.75, 3.05) is 0 Å². The lowest BCUT2D eigenvalue weighted by molar-refractivity contribution is 0.625. The predicted octanol–water partition coefficient (Wildman–Crippen LogP) is 7.22. The van der Waals surface area contributed by atoms with Gasteiger partial charge < -0.3 is 0 Å². The molecular formula is C24H16BrIN2. The molecule has 0 amide bonds. The highest BCUT2D eigenvalue weighted by molar-refractivity contribution is 14.1. The molecular weight excluding hydrogens is 523 g/mol. The Hall–Kier alpha value is -2.18. The topological polar surface area (TPSA) is 17.8 Å². The van der Waals surface area contributed by atoms with Gasteiger partial charge in [-0.1, -0.05) is 82.7 Å². The Morgan fingerprint density at radius 2 is 1.50 bits per heavy atom. The Morgan fingerprint density at radius 1 is 0.821 bits per heavy atom. The number of halogens is 2. The van der Waals surface area contributed by atoms with E-state index in [2.05, 4.69) is 128 Å². The Morgan fingerprint density at radius 3 is 2.25 bits per heavy atom. The fourth-order valence-corrected chi connectivity index (χ4v) is 5.08. The lowest BCUT2D eigenvalue weighted by Crippen LogP contribution is -2.20. The van der Waals surface area contributed by atoms with Crippen molar-refractivity contribution in [3.05, 3.63) is 112 Å². The zero-order valence-electron chi connectivity index (χ0n) is 14.9. The van der Waals surface area contributed by atoms with E-state index in [1.807, 2.05) is 6.20 Å². The number of benzene rings is 3. The number of fused-ring (bicyclic) bond motifs is 3. The summed E-state index contributed by atoms with van der Waals surface area (Å²) in [4.78, 5) is 0. The minimum absolute atomic E-state index is 0.0279. The van der Waals surface area contributed by atoms with Crippen LogP contribution in [0.15, 0.2) is 95.6 Å². The van der Waals surface area contributed by atoms with Crippen LogP contribution in [0, 0.1) is 0 Å². The lowest BCUT2D eigenvalue weighted by atomic mass is 9.84. The summed E-state index contributed by atoms with van der Waals surface area (Å²) in [6.07, 6.45) is 1.90. The molecule has 1 aliphatic rings. The van der Waals surface area contributed by atoms with Crippen LogP contribution in [0.3, 0.4) is 0 Å². The van der Waals surface area contributed by atoms with Crippen LogP contribution in [0.2, 0.25) is 0 Å². The van der Waals surface area contributed by atoms with Crippen molar-refractivity contribution in [3.63, 3.8) is 0 Å². The predicted molar refractivity (Wildman–Crippen MR) is 127 cm³/mol. The first-order valence-electron chi connectivity index (χ1n) is 9.08. The van der Waals surface area contributed by atoms with Crippen LogP contribution in [0.1, 0.15) is 22.7 Å². The van der Waals surface area contributed by atoms with Gasteiger partial charge >= 0.3 is 0 Å². The fraction of sp³-hybridized carbons (Fsp3) is 0.0417. The first-order chi connectivity index (χ1) is 13.7. The zero-order valence-corrected chi connectivity index (χ0v) is 18.6. The molecule has 1 unspecified atom stereocenters. The second-order valence-electron chi connectivity index (χ2n) is 6.75. The Labute approximate surface area is 186 Å². The van der Waals surface area contributed by atoms with Gasteiger partial charge in [0.2, 0.25) is 0 Å². The quantitative estimate of drug-likeness (QED) is 0.246. The standard InChI is InChI=1S/C24H16BrIN2/c25-18-12-10-17(11-13-18)24-22(23(26)16-6-2-1-3-7-16)20-9-5-4-8-19(20)21-14-15-27-28(21)24/h1-15,24H/b23-22-. The van der Waals surface area contributed by atoms with Gasteiger partial charge in [0, 0.05) is 25.4 Å². The Bertz CT molecular complexity index is 1180. The third-order valence-corrected chi connectivity index (χ3v) is 6.86. The molecule has 4 heteroatoms. The van der Waals surface area contributed by atoms with Crippen molar-refractivity contribution in [1.29, 1.82) is 0 Å². The number of hydrogen-bond acceptors (Lipinski definition) is 1. The Balaban J connectivity index is 1.84. The maximum atomic E-state index is 4.73. The molecule has 2 nitrogen and oxygen atoms in total. The molecule has 28 heavy (non-hydrogen) atoms. The van der Waals surface area contributed by atoms with Crippen molar-refractivity contribution in [1.82, 2.24) is 9.78 Å². The number of allylic oxidation sites excluding steroid dienone is 1. The third-order valence-electron chi connectivity index (χ3n) is 5.13. The van der Waals surface area contributed by atoms with Crippen LogP contribution in [0.25, 0.3) is 20.4 Å². The monoisotopic (exact) mass is 538 g/mol. The van der Waals surface area contributed by atoms with E-state index in [0.29, 0.717) is 0 Å². The summed E-state index contributed by atoms with van der Waals surface area (Å²) in [5.74, 6) is 0. The maximum Gasteiger partial charge on any atom is 0.104 e. The molecule has 5 rings (SSSR count). The highest BCUT2D eigenvalue weighted by atomic mass is 127. The highest BCUT2D eigenvalue weighted by Crippen LogP contribution is 2.49. The smallest absolute Gasteiger partial charge is 0.104 e. The van der Waals surface area contributed by atoms with E-state index >= 15 is 0 Å². The third kappa shape index (κ3) is 2.95. The number of nitrogens with zero attached hydrogens (tertiary/aromatic N) is 2. The average Bonchev–Trinajstić information content (AvgIpc) is 3.23. The minimum atomic E-state index is 0.0279. The van der Waals surface area contributed by atoms with E-state index in [0.717, 1.165) is 10.2 Å². The summed E-state index contributed by atoms with van der Waals surface area (Å²) < 4.78 is 4.49. The summed E-state index contributed by atoms with van der Waals surface area (Å²) in [5, 5.41) is 4.73. The van der Waals surface area contributed by atoms with Crippen LogP contribution < -0.4 is 0 Å². The molecule has 2 heterocycles. The van der Waals surface area contributed by atoms with Gasteiger partial charge in [-0.3, -0.25) is 4.68 Å². The van der Waals surface area contributed by atoms with Gasteiger partial charge in [-0.05, 0) is 57.5 Å². The molecule has 0 radical (unpaired) electrons. The van der Waals surface area contributed by atoms with Crippen molar-refractivity contribution in [3.8, 4) is 11.3 Å². The molecule has 0 saturated heterocycles. The molecule has 0 fully saturated rings. The van der Waals surface area contributed by atoms with Gasteiger partial charge in [-0.15, -0.1) is 0 Å². The normalized spacial score (nSPS) is 17.0. The Kier molecular flexibility index (Phi) is 4.69. The largest absolute Gasteiger partial charge is 0.253 e. The van der Waals surface area contributed by atoms with Crippen molar-refractivity contribution in [2.45, 2.75) is 6.04 Å². The van der Waals surface area contributed by atoms with Crippen molar-refractivity contribution >= 4 is 47.7 Å². The molecule has 4 aromatic rings. The zero-order chi connectivity index (χ0) is 19.1. The second-order valence-corrected chi connectivity index (χ2v) is 8.75. The second kappa shape index (κ2) is 7.33. The average molecular weight is 539 g/mol. The number of hydrogen-bond donors (Lipinski definition) is 0. The maximum absolute atomic E-state index is 4.73. The van der Waals surface area contributed by atoms with Gasteiger partial charge in [-0.25, -0.2) is 0 Å². The molecule has 0 bridgehead atoms. The van der Waals surface area contributed by atoms with Gasteiger partial charge in [0.05, 0.1) is 5.69 Å². The highest BCUT2D eigenvalue weighted by Gasteiger charge is 2.32. The summed E-state index contributed by atoms with van der Waals surface area (Å²) in [5.41, 5.74) is 7.41. The molecule has 0 aliphatic carbocycles.